The minimum absolute atomic E-state index is 0.102. The Morgan fingerprint density at radius 1 is 1.00 bits per heavy atom. The lowest BCUT2D eigenvalue weighted by Crippen LogP contribution is -2.53. The van der Waals surface area contributed by atoms with Gasteiger partial charge in [-0.05, 0) is 27.2 Å². The third-order valence-corrected chi connectivity index (χ3v) is 5.70. The number of hydrogen-bond donors (Lipinski definition) is 0. The summed E-state index contributed by atoms with van der Waals surface area (Å²) in [7, 11) is -3.26. The summed E-state index contributed by atoms with van der Waals surface area (Å²) in [4.78, 5) is 27.4. The molecular weight excluding hydrogens is 322 g/mol. The topological polar surface area (TPSA) is 87.2 Å². The van der Waals surface area contributed by atoms with Gasteiger partial charge in [-0.25, -0.2) is 13.2 Å². The van der Waals surface area contributed by atoms with Crippen molar-refractivity contribution in [2.45, 2.75) is 32.8 Å². The Hall–Kier alpha value is -1.35. The summed E-state index contributed by atoms with van der Waals surface area (Å²) < 4.78 is 30.0. The standard InChI is InChI=1S/C14H25N3O5S/c1-14(2,3)22-13(19)16-8-6-15(7-9-16)12(18)11-17-5-4-10-23(17,20)21/h4-11H2,1-3H3. The largest absolute Gasteiger partial charge is 0.444 e. The van der Waals surface area contributed by atoms with Crippen molar-refractivity contribution in [1.82, 2.24) is 14.1 Å². The number of ether oxygens (including phenoxy) is 1. The molecule has 23 heavy (non-hydrogen) atoms. The first-order chi connectivity index (χ1) is 10.6. The van der Waals surface area contributed by atoms with Crippen LogP contribution in [0.3, 0.4) is 0 Å². The Morgan fingerprint density at radius 3 is 2.04 bits per heavy atom. The zero-order valence-corrected chi connectivity index (χ0v) is 14.8. The van der Waals surface area contributed by atoms with Gasteiger partial charge < -0.3 is 14.5 Å². The van der Waals surface area contributed by atoms with Gasteiger partial charge in [-0.15, -0.1) is 0 Å². The first kappa shape index (κ1) is 18.0. The summed E-state index contributed by atoms with van der Waals surface area (Å²) in [6.45, 7) is 7.31. The summed E-state index contributed by atoms with van der Waals surface area (Å²) in [5.41, 5.74) is -0.547. The highest BCUT2D eigenvalue weighted by Gasteiger charge is 2.33. The zero-order valence-electron chi connectivity index (χ0n) is 13.9. The van der Waals surface area contributed by atoms with Gasteiger partial charge in [0.15, 0.2) is 0 Å². The molecule has 0 spiro atoms. The lowest BCUT2D eigenvalue weighted by atomic mass is 10.2. The van der Waals surface area contributed by atoms with E-state index in [2.05, 4.69) is 0 Å². The van der Waals surface area contributed by atoms with E-state index in [4.69, 9.17) is 4.74 Å². The molecule has 2 aliphatic heterocycles. The Labute approximate surface area is 137 Å². The number of piperazine rings is 1. The Morgan fingerprint density at radius 2 is 1.57 bits per heavy atom. The van der Waals surface area contributed by atoms with Crippen LogP contribution in [0.2, 0.25) is 0 Å². The van der Waals surface area contributed by atoms with Gasteiger partial charge >= 0.3 is 6.09 Å². The van der Waals surface area contributed by atoms with Crippen LogP contribution in [0.25, 0.3) is 0 Å². The first-order valence-corrected chi connectivity index (χ1v) is 9.43. The second kappa shape index (κ2) is 6.64. The molecule has 2 rings (SSSR count). The highest BCUT2D eigenvalue weighted by atomic mass is 32.2. The van der Waals surface area contributed by atoms with Gasteiger partial charge in [-0.2, -0.15) is 4.31 Å². The molecule has 2 amide bonds. The van der Waals surface area contributed by atoms with Crippen LogP contribution in [0.1, 0.15) is 27.2 Å². The molecule has 0 unspecified atom stereocenters. The number of rotatable bonds is 2. The fourth-order valence-corrected chi connectivity index (χ4v) is 4.05. The lowest BCUT2D eigenvalue weighted by Gasteiger charge is -2.36. The van der Waals surface area contributed by atoms with E-state index >= 15 is 0 Å². The molecule has 0 saturated carbocycles. The summed E-state index contributed by atoms with van der Waals surface area (Å²) in [6.07, 6.45) is 0.189. The van der Waals surface area contributed by atoms with Crippen LogP contribution in [0.15, 0.2) is 0 Å². The Balaban J connectivity index is 1.82. The average Bonchev–Trinajstić information content (AvgIpc) is 2.76. The number of amides is 2. The van der Waals surface area contributed by atoms with E-state index in [9.17, 15) is 18.0 Å². The van der Waals surface area contributed by atoms with Crippen LogP contribution in [0, 0.1) is 0 Å². The van der Waals surface area contributed by atoms with Crippen LogP contribution in [0.4, 0.5) is 4.79 Å². The molecule has 2 fully saturated rings. The maximum absolute atomic E-state index is 12.2. The first-order valence-electron chi connectivity index (χ1n) is 7.82. The minimum atomic E-state index is -3.26. The van der Waals surface area contributed by atoms with Crippen molar-refractivity contribution in [1.29, 1.82) is 0 Å². The molecule has 8 nitrogen and oxygen atoms in total. The molecule has 0 bridgehead atoms. The molecule has 2 heterocycles. The van der Waals surface area contributed by atoms with E-state index in [1.54, 1.807) is 30.6 Å². The smallest absolute Gasteiger partial charge is 0.410 e. The highest BCUT2D eigenvalue weighted by molar-refractivity contribution is 7.89. The van der Waals surface area contributed by atoms with Crippen LogP contribution < -0.4 is 0 Å². The van der Waals surface area contributed by atoms with Crippen LogP contribution in [-0.2, 0) is 19.6 Å². The fraction of sp³-hybridized carbons (Fsp3) is 0.857. The van der Waals surface area contributed by atoms with Crippen LogP contribution in [-0.4, -0.2) is 85.1 Å². The van der Waals surface area contributed by atoms with E-state index < -0.39 is 15.6 Å². The van der Waals surface area contributed by atoms with Gasteiger partial charge in [0.05, 0.1) is 12.3 Å². The van der Waals surface area contributed by atoms with Crippen molar-refractivity contribution in [3.63, 3.8) is 0 Å². The third-order valence-electron chi connectivity index (χ3n) is 3.80. The molecule has 0 aromatic heterocycles. The van der Waals surface area contributed by atoms with E-state index in [1.807, 2.05) is 0 Å². The Kier molecular flexibility index (Phi) is 5.20. The highest BCUT2D eigenvalue weighted by Crippen LogP contribution is 2.15. The monoisotopic (exact) mass is 347 g/mol. The van der Waals surface area contributed by atoms with Gasteiger partial charge in [-0.1, -0.05) is 0 Å². The van der Waals surface area contributed by atoms with Gasteiger partial charge in [0.25, 0.3) is 0 Å². The normalized spacial score (nSPS) is 22.2. The summed E-state index contributed by atoms with van der Waals surface area (Å²) >= 11 is 0. The molecule has 0 aromatic rings. The number of sulfonamides is 1. The fourth-order valence-electron chi connectivity index (χ4n) is 2.58. The maximum atomic E-state index is 12.2. The Bertz CT molecular complexity index is 561. The molecule has 132 valence electrons. The second-order valence-corrected chi connectivity index (χ2v) is 8.94. The molecule has 0 N–H and O–H groups in total. The van der Waals surface area contributed by atoms with Crippen molar-refractivity contribution in [2.75, 3.05) is 45.0 Å². The SMILES string of the molecule is CC(C)(C)OC(=O)N1CCN(C(=O)CN2CCCS2(=O)=O)CC1. The molecule has 0 radical (unpaired) electrons. The molecule has 9 heteroatoms. The number of carbonyl (C=O) groups is 2. The van der Waals surface area contributed by atoms with Crippen LogP contribution in [0.5, 0.6) is 0 Å². The van der Waals surface area contributed by atoms with Gasteiger partial charge in [0.1, 0.15) is 5.60 Å². The zero-order chi connectivity index (χ0) is 17.3. The number of carbonyl (C=O) groups excluding carboxylic acids is 2. The molecule has 2 aliphatic rings. The van der Waals surface area contributed by atoms with E-state index in [1.165, 1.54) is 4.31 Å². The van der Waals surface area contributed by atoms with Gasteiger partial charge in [0.2, 0.25) is 15.9 Å². The third kappa shape index (κ3) is 4.81. The van der Waals surface area contributed by atoms with Crippen molar-refractivity contribution < 1.29 is 22.7 Å². The van der Waals surface area contributed by atoms with Gasteiger partial charge in [-0.3, -0.25) is 4.79 Å². The maximum Gasteiger partial charge on any atom is 0.410 e. The van der Waals surface area contributed by atoms with E-state index in [-0.39, 0.29) is 24.3 Å². The average molecular weight is 347 g/mol. The van der Waals surface area contributed by atoms with Crippen molar-refractivity contribution in [3.05, 3.63) is 0 Å². The van der Waals surface area contributed by atoms with Gasteiger partial charge in [0, 0.05) is 32.7 Å². The van der Waals surface area contributed by atoms with Crippen molar-refractivity contribution >= 4 is 22.0 Å². The predicted octanol–water partition coefficient (Wildman–Crippen LogP) is 0.101. The minimum Gasteiger partial charge on any atom is -0.444 e. The van der Waals surface area contributed by atoms with Crippen molar-refractivity contribution in [2.24, 2.45) is 0 Å². The van der Waals surface area contributed by atoms with Crippen molar-refractivity contribution in [3.8, 4) is 0 Å². The summed E-state index contributed by atoms with van der Waals surface area (Å²) in [5.74, 6) is -0.0912. The van der Waals surface area contributed by atoms with Crippen LogP contribution >= 0.6 is 0 Å². The summed E-state index contributed by atoms with van der Waals surface area (Å²) in [6, 6.07) is 0. The number of hydrogen-bond acceptors (Lipinski definition) is 5. The molecule has 0 aromatic carbocycles. The summed E-state index contributed by atoms with van der Waals surface area (Å²) in [5, 5.41) is 0. The number of nitrogens with zero attached hydrogens (tertiary/aromatic N) is 3. The molecule has 0 atom stereocenters. The lowest BCUT2D eigenvalue weighted by molar-refractivity contribution is -0.133. The molecule has 0 aliphatic carbocycles. The molecular formula is C14H25N3O5S. The van der Waals surface area contributed by atoms with E-state index in [0.717, 1.165) is 0 Å². The quantitative estimate of drug-likeness (QED) is 0.707. The predicted molar refractivity (Wildman–Crippen MR) is 84.4 cm³/mol. The molecule has 2 saturated heterocycles. The van der Waals surface area contributed by atoms with E-state index in [0.29, 0.717) is 39.1 Å². The second-order valence-electron chi connectivity index (χ2n) is 6.85.